The minimum Gasteiger partial charge on any atom is -0.384 e. The molecular weight excluding hydrogens is 594 g/mol. The van der Waals surface area contributed by atoms with Crippen LogP contribution in [0.5, 0.6) is 0 Å². The Labute approximate surface area is 258 Å². The molecule has 228 valence electrons. The number of ketones is 1. The van der Waals surface area contributed by atoms with E-state index in [2.05, 4.69) is 27.3 Å². The molecule has 3 atom stereocenters. The number of para-hydroxylation sites is 1. The molecule has 3 aromatic rings. The number of aryl methyl sites for hydroxylation is 1. The van der Waals surface area contributed by atoms with E-state index < -0.39 is 16.1 Å². The van der Waals surface area contributed by atoms with Crippen LogP contribution < -0.4 is 21.1 Å². The summed E-state index contributed by atoms with van der Waals surface area (Å²) in [4.78, 5) is 31.4. The summed E-state index contributed by atoms with van der Waals surface area (Å²) in [5, 5.41) is 8.02. The molecule has 0 spiro atoms. The molecule has 0 radical (unpaired) electrons. The van der Waals surface area contributed by atoms with E-state index in [1.165, 1.54) is 17.4 Å². The largest absolute Gasteiger partial charge is 0.384 e. The molecule has 5 N–H and O–H groups in total. The van der Waals surface area contributed by atoms with Crippen molar-refractivity contribution in [2.75, 3.05) is 24.1 Å². The van der Waals surface area contributed by atoms with Gasteiger partial charge in [-0.1, -0.05) is 44.5 Å². The standard InChI is InChI=1S/C30H39N5O4S2.ClH/c1-3-21-15-16-32-19-23(21)30(37)24(10-5-8-20-13-14-27(31)33-18-20)35-41(38,39)26-12-6-9-22(25-11-7-17-40-25)29(26)34-28(36)4-2;/h6-7,9,11-14,17-18,21,23-24,32,35H,3-5,8,10,15-16,19H2,1-2H3,(H2,31,33)(H,34,36);1H/t21-,23+,24-;/m0./s1. The molecule has 1 saturated heterocycles. The maximum atomic E-state index is 14.0. The van der Waals surface area contributed by atoms with Crippen LogP contribution in [0.15, 0.2) is 58.9 Å². The highest BCUT2D eigenvalue weighted by atomic mass is 35.5. The SMILES string of the molecule is CCC(=O)Nc1c(-c2cccs2)cccc1S(=O)(=O)N[C@@H](CCCc1ccc(N)nc1)C(=O)[C@@H]1CNCC[C@@H]1CC.Cl. The first-order valence-electron chi connectivity index (χ1n) is 14.2. The van der Waals surface area contributed by atoms with Gasteiger partial charge >= 0.3 is 0 Å². The van der Waals surface area contributed by atoms with Crippen LogP contribution >= 0.6 is 23.7 Å². The predicted molar refractivity (Wildman–Crippen MR) is 171 cm³/mol. The van der Waals surface area contributed by atoms with Crippen LogP contribution in [0.1, 0.15) is 51.5 Å². The number of piperidine rings is 1. The van der Waals surface area contributed by atoms with Crippen LogP contribution in [-0.4, -0.2) is 44.2 Å². The molecule has 0 saturated carbocycles. The zero-order valence-electron chi connectivity index (χ0n) is 24.0. The van der Waals surface area contributed by atoms with Crippen LogP contribution in [0, 0.1) is 11.8 Å². The molecule has 1 aliphatic rings. The van der Waals surface area contributed by atoms with Crippen molar-refractivity contribution >= 4 is 57.0 Å². The topological polar surface area (TPSA) is 143 Å². The highest BCUT2D eigenvalue weighted by Crippen LogP contribution is 2.36. The number of benzene rings is 1. The lowest BCUT2D eigenvalue weighted by atomic mass is 9.79. The van der Waals surface area contributed by atoms with E-state index in [1.54, 1.807) is 31.3 Å². The van der Waals surface area contributed by atoms with Crippen molar-refractivity contribution in [3.05, 3.63) is 59.6 Å². The van der Waals surface area contributed by atoms with E-state index in [0.717, 1.165) is 29.8 Å². The predicted octanol–water partition coefficient (Wildman–Crippen LogP) is 5.04. The van der Waals surface area contributed by atoms with Gasteiger partial charge in [-0.3, -0.25) is 9.59 Å². The summed E-state index contributed by atoms with van der Waals surface area (Å²) in [5.74, 6) is -0.0541. The number of halogens is 1. The maximum absolute atomic E-state index is 14.0. The number of nitrogens with zero attached hydrogens (tertiary/aromatic N) is 1. The Kier molecular flexibility index (Phi) is 12.5. The van der Waals surface area contributed by atoms with Gasteiger partial charge in [-0.15, -0.1) is 23.7 Å². The summed E-state index contributed by atoms with van der Waals surface area (Å²) in [6, 6.07) is 11.4. The minimum absolute atomic E-state index is 0. The van der Waals surface area contributed by atoms with Crippen molar-refractivity contribution in [2.24, 2.45) is 11.8 Å². The summed E-state index contributed by atoms with van der Waals surface area (Å²) in [6.07, 6.45) is 5.16. The van der Waals surface area contributed by atoms with Gasteiger partial charge in [0, 0.05) is 35.5 Å². The monoisotopic (exact) mass is 633 g/mol. The van der Waals surface area contributed by atoms with Gasteiger partial charge in [-0.05, 0) is 67.3 Å². The second-order valence-electron chi connectivity index (χ2n) is 10.4. The average Bonchev–Trinajstić information content (AvgIpc) is 3.52. The van der Waals surface area contributed by atoms with Gasteiger partial charge in [0.15, 0.2) is 5.78 Å². The van der Waals surface area contributed by atoms with Crippen LogP contribution in [0.4, 0.5) is 11.5 Å². The van der Waals surface area contributed by atoms with Crippen LogP contribution in [0.2, 0.25) is 0 Å². The molecule has 0 bridgehead atoms. The molecule has 0 aliphatic carbocycles. The molecule has 4 rings (SSSR count). The van der Waals surface area contributed by atoms with Gasteiger partial charge in [0.05, 0.1) is 11.7 Å². The summed E-state index contributed by atoms with van der Waals surface area (Å²) >= 11 is 1.45. The molecule has 0 unspecified atom stereocenters. The Bertz CT molecular complexity index is 1430. The van der Waals surface area contributed by atoms with Crippen LogP contribution in [-0.2, 0) is 26.0 Å². The Hall–Kier alpha value is -2.83. The molecule has 42 heavy (non-hydrogen) atoms. The van der Waals surface area contributed by atoms with E-state index in [1.807, 2.05) is 23.6 Å². The fourth-order valence-electron chi connectivity index (χ4n) is 5.35. The number of aromatic nitrogens is 1. The smallest absolute Gasteiger partial charge is 0.243 e. The van der Waals surface area contributed by atoms with E-state index in [-0.39, 0.29) is 52.9 Å². The number of hydrogen-bond acceptors (Lipinski definition) is 8. The number of pyridine rings is 1. The van der Waals surface area contributed by atoms with Gasteiger partial charge in [-0.2, -0.15) is 0 Å². The summed E-state index contributed by atoms with van der Waals surface area (Å²) < 4.78 is 30.8. The molecule has 1 aromatic carbocycles. The van der Waals surface area contributed by atoms with Gasteiger partial charge < -0.3 is 16.4 Å². The van der Waals surface area contributed by atoms with Crippen molar-refractivity contribution in [1.29, 1.82) is 0 Å². The quantitative estimate of drug-likeness (QED) is 0.207. The summed E-state index contributed by atoms with van der Waals surface area (Å²) in [5.41, 5.74) is 7.51. The minimum atomic E-state index is -4.20. The Morgan fingerprint density at radius 3 is 2.64 bits per heavy atom. The highest BCUT2D eigenvalue weighted by Gasteiger charge is 2.36. The number of thiophene rings is 1. The van der Waals surface area contributed by atoms with Crippen molar-refractivity contribution in [1.82, 2.24) is 15.0 Å². The lowest BCUT2D eigenvalue weighted by Crippen LogP contribution is -2.50. The van der Waals surface area contributed by atoms with Gasteiger partial charge in [0.2, 0.25) is 15.9 Å². The molecule has 1 aliphatic heterocycles. The van der Waals surface area contributed by atoms with Crippen molar-refractivity contribution < 1.29 is 18.0 Å². The summed E-state index contributed by atoms with van der Waals surface area (Å²) in [7, 11) is -4.20. The third kappa shape index (κ3) is 8.38. The first-order chi connectivity index (χ1) is 19.7. The number of anilines is 2. The number of carbonyl (C=O) groups is 2. The fourth-order valence-corrected chi connectivity index (χ4v) is 7.53. The third-order valence-electron chi connectivity index (χ3n) is 7.65. The number of nitrogens with two attached hydrogens (primary N) is 1. The maximum Gasteiger partial charge on any atom is 0.243 e. The van der Waals surface area contributed by atoms with Crippen molar-refractivity contribution in [2.45, 2.75) is 63.3 Å². The number of Topliss-reactive ketones (excluding diaryl/α,β-unsaturated/α-hetero) is 1. The zero-order valence-corrected chi connectivity index (χ0v) is 26.4. The Balaban J connectivity index is 0.00000484. The highest BCUT2D eigenvalue weighted by molar-refractivity contribution is 7.89. The van der Waals surface area contributed by atoms with Gasteiger partial charge in [-0.25, -0.2) is 18.1 Å². The molecule has 1 amide bonds. The Morgan fingerprint density at radius 1 is 1.17 bits per heavy atom. The second kappa shape index (κ2) is 15.6. The van der Waals surface area contributed by atoms with E-state index in [9.17, 15) is 18.0 Å². The number of amides is 1. The number of carbonyl (C=O) groups excluding carboxylic acids is 2. The number of nitrogens with one attached hydrogen (secondary N) is 3. The molecule has 2 aromatic heterocycles. The Morgan fingerprint density at radius 2 is 1.98 bits per heavy atom. The lowest BCUT2D eigenvalue weighted by Gasteiger charge is -2.33. The van der Waals surface area contributed by atoms with Crippen LogP contribution in [0.3, 0.4) is 0 Å². The molecule has 1 fully saturated rings. The number of sulfonamides is 1. The molecule has 12 heteroatoms. The van der Waals surface area contributed by atoms with Crippen molar-refractivity contribution in [3.63, 3.8) is 0 Å². The molecule has 3 heterocycles. The first kappa shape index (κ1) is 33.7. The van der Waals surface area contributed by atoms with E-state index in [4.69, 9.17) is 5.73 Å². The van der Waals surface area contributed by atoms with Crippen LogP contribution in [0.25, 0.3) is 10.4 Å². The van der Waals surface area contributed by atoms with E-state index in [0.29, 0.717) is 37.2 Å². The summed E-state index contributed by atoms with van der Waals surface area (Å²) in [6.45, 7) is 5.16. The average molecular weight is 634 g/mol. The second-order valence-corrected chi connectivity index (χ2v) is 13.0. The lowest BCUT2D eigenvalue weighted by molar-refractivity contribution is -0.127. The number of hydrogen-bond donors (Lipinski definition) is 4. The number of rotatable bonds is 13. The normalized spacial score (nSPS) is 17.7. The zero-order chi connectivity index (χ0) is 29.4. The fraction of sp³-hybridized carbons (Fsp3) is 0.433. The van der Waals surface area contributed by atoms with Crippen molar-refractivity contribution in [3.8, 4) is 10.4 Å². The van der Waals surface area contributed by atoms with E-state index >= 15 is 0 Å². The third-order valence-corrected chi connectivity index (χ3v) is 10.1. The molecular formula is C30H40ClN5O4S2. The first-order valence-corrected chi connectivity index (χ1v) is 16.5. The van der Waals surface area contributed by atoms with Gasteiger partial charge in [0.25, 0.3) is 0 Å². The van der Waals surface area contributed by atoms with Gasteiger partial charge in [0.1, 0.15) is 10.7 Å². The number of nitrogen functional groups attached to an aromatic ring is 1. The molecule has 9 nitrogen and oxygen atoms in total.